The number of benzene rings is 1. The lowest BCUT2D eigenvalue weighted by atomic mass is 10.1. The van der Waals surface area contributed by atoms with Crippen LogP contribution in [0.4, 0.5) is 5.69 Å². The zero-order valence-electron chi connectivity index (χ0n) is 10.7. The molecule has 1 N–H and O–H groups in total. The molecule has 1 aromatic carbocycles. The second-order valence-electron chi connectivity index (χ2n) is 4.75. The van der Waals surface area contributed by atoms with E-state index < -0.39 is 0 Å². The van der Waals surface area contributed by atoms with Crippen molar-refractivity contribution in [2.75, 3.05) is 38.2 Å². The summed E-state index contributed by atoms with van der Waals surface area (Å²) >= 11 is 0. The molecule has 0 aliphatic carbocycles. The fourth-order valence-corrected chi connectivity index (χ4v) is 2.41. The molecule has 1 saturated heterocycles. The van der Waals surface area contributed by atoms with Crippen molar-refractivity contribution in [2.24, 2.45) is 0 Å². The van der Waals surface area contributed by atoms with Crippen LogP contribution < -0.4 is 4.90 Å². The minimum atomic E-state index is 0.223. The first-order valence-corrected chi connectivity index (χ1v) is 6.31. The van der Waals surface area contributed by atoms with Gasteiger partial charge >= 0.3 is 0 Å². The maximum atomic E-state index is 9.09. The second-order valence-corrected chi connectivity index (χ2v) is 4.75. The lowest BCUT2D eigenvalue weighted by Crippen LogP contribution is -2.51. The Morgan fingerprint density at radius 2 is 2.28 bits per heavy atom. The molecule has 1 aromatic rings. The van der Waals surface area contributed by atoms with E-state index in [1.807, 2.05) is 24.3 Å². The standard InChI is InChI=1S/C14H19N3O/c1-16-6-7-17(11-14(16)5-8-18)13-4-2-3-12(9-13)10-15/h2-4,9,14,18H,5-8,11H2,1H3. The number of aliphatic hydroxyl groups is 1. The van der Waals surface area contributed by atoms with Gasteiger partial charge < -0.3 is 10.0 Å². The molecule has 1 fully saturated rings. The van der Waals surface area contributed by atoms with Gasteiger partial charge in [-0.25, -0.2) is 0 Å². The van der Waals surface area contributed by atoms with Crippen molar-refractivity contribution in [1.29, 1.82) is 5.26 Å². The van der Waals surface area contributed by atoms with Crippen LogP contribution >= 0.6 is 0 Å². The second kappa shape index (κ2) is 5.85. The Balaban J connectivity index is 2.11. The lowest BCUT2D eigenvalue weighted by molar-refractivity contribution is 0.171. The molecule has 0 saturated carbocycles. The Labute approximate surface area is 108 Å². The highest BCUT2D eigenvalue weighted by molar-refractivity contribution is 5.52. The van der Waals surface area contributed by atoms with Crippen LogP contribution in [0.3, 0.4) is 0 Å². The van der Waals surface area contributed by atoms with Crippen molar-refractivity contribution in [3.8, 4) is 6.07 Å². The molecule has 0 aromatic heterocycles. The summed E-state index contributed by atoms with van der Waals surface area (Å²) in [4.78, 5) is 4.59. The molecule has 96 valence electrons. The summed E-state index contributed by atoms with van der Waals surface area (Å²) in [6.07, 6.45) is 0.797. The SMILES string of the molecule is CN1CCN(c2cccc(C#N)c2)CC1CCO. The van der Waals surface area contributed by atoms with E-state index in [-0.39, 0.29) is 6.61 Å². The summed E-state index contributed by atoms with van der Waals surface area (Å²) in [5, 5.41) is 18.0. The van der Waals surface area contributed by atoms with Gasteiger partial charge in [0.2, 0.25) is 0 Å². The smallest absolute Gasteiger partial charge is 0.0992 e. The van der Waals surface area contributed by atoms with Crippen molar-refractivity contribution in [1.82, 2.24) is 4.90 Å². The van der Waals surface area contributed by atoms with Crippen molar-refractivity contribution in [2.45, 2.75) is 12.5 Å². The number of hydrogen-bond donors (Lipinski definition) is 1. The molecule has 0 amide bonds. The quantitative estimate of drug-likeness (QED) is 0.865. The normalized spacial score (nSPS) is 20.7. The lowest BCUT2D eigenvalue weighted by Gasteiger charge is -2.40. The van der Waals surface area contributed by atoms with Gasteiger partial charge in [-0.05, 0) is 31.7 Å². The van der Waals surface area contributed by atoms with Gasteiger partial charge in [-0.15, -0.1) is 0 Å². The molecule has 0 radical (unpaired) electrons. The highest BCUT2D eigenvalue weighted by Gasteiger charge is 2.23. The van der Waals surface area contributed by atoms with E-state index in [9.17, 15) is 0 Å². The molecule has 1 aliphatic rings. The maximum Gasteiger partial charge on any atom is 0.0992 e. The van der Waals surface area contributed by atoms with Gasteiger partial charge in [-0.1, -0.05) is 6.07 Å². The van der Waals surface area contributed by atoms with Crippen LogP contribution in [0.15, 0.2) is 24.3 Å². The first kappa shape index (κ1) is 12.9. The molecule has 0 spiro atoms. The van der Waals surface area contributed by atoms with Crippen molar-refractivity contribution >= 4 is 5.69 Å². The number of piperazine rings is 1. The summed E-state index contributed by atoms with van der Waals surface area (Å²) in [6.45, 7) is 3.09. The monoisotopic (exact) mass is 245 g/mol. The first-order valence-electron chi connectivity index (χ1n) is 6.31. The number of hydrogen-bond acceptors (Lipinski definition) is 4. The number of aliphatic hydroxyl groups excluding tert-OH is 1. The number of anilines is 1. The molecule has 1 atom stereocenters. The summed E-state index contributed by atoms with van der Waals surface area (Å²) in [5.74, 6) is 0. The van der Waals surface area contributed by atoms with Gasteiger partial charge in [0, 0.05) is 38.0 Å². The third-order valence-corrected chi connectivity index (χ3v) is 3.58. The van der Waals surface area contributed by atoms with E-state index in [2.05, 4.69) is 22.9 Å². The first-order chi connectivity index (χ1) is 8.74. The average molecular weight is 245 g/mol. The fraction of sp³-hybridized carbons (Fsp3) is 0.500. The molecule has 0 bridgehead atoms. The van der Waals surface area contributed by atoms with Crippen LogP contribution in [0.1, 0.15) is 12.0 Å². The van der Waals surface area contributed by atoms with E-state index in [0.29, 0.717) is 11.6 Å². The molecule has 1 aliphatic heterocycles. The highest BCUT2D eigenvalue weighted by Crippen LogP contribution is 2.20. The third kappa shape index (κ3) is 2.81. The van der Waals surface area contributed by atoms with Crippen molar-refractivity contribution in [3.63, 3.8) is 0 Å². The predicted octanol–water partition coefficient (Wildman–Crippen LogP) is 1.06. The number of likely N-dealkylation sites (N-methyl/N-ethyl adjacent to an activating group) is 1. The van der Waals surface area contributed by atoms with E-state index in [1.165, 1.54) is 0 Å². The summed E-state index contributed by atoms with van der Waals surface area (Å²) in [6, 6.07) is 10.3. The summed E-state index contributed by atoms with van der Waals surface area (Å²) in [7, 11) is 2.10. The number of rotatable bonds is 3. The van der Waals surface area contributed by atoms with Crippen LogP contribution in [0.25, 0.3) is 0 Å². The Kier molecular flexibility index (Phi) is 4.19. The predicted molar refractivity (Wildman–Crippen MR) is 71.5 cm³/mol. The van der Waals surface area contributed by atoms with Crippen LogP contribution in [0.5, 0.6) is 0 Å². The zero-order valence-corrected chi connectivity index (χ0v) is 10.7. The van der Waals surface area contributed by atoms with Crippen LogP contribution in [0, 0.1) is 11.3 Å². The van der Waals surface area contributed by atoms with Gasteiger partial charge in [-0.3, -0.25) is 4.90 Å². The highest BCUT2D eigenvalue weighted by atomic mass is 16.3. The van der Waals surface area contributed by atoms with Gasteiger partial charge in [0.05, 0.1) is 11.6 Å². The zero-order chi connectivity index (χ0) is 13.0. The van der Waals surface area contributed by atoms with Gasteiger partial charge in [0.25, 0.3) is 0 Å². The molecular formula is C14H19N3O. The Hall–Kier alpha value is -1.57. The molecule has 4 heteroatoms. The molecule has 1 unspecified atom stereocenters. The van der Waals surface area contributed by atoms with Crippen LogP contribution in [-0.4, -0.2) is 49.3 Å². The molecular weight excluding hydrogens is 226 g/mol. The van der Waals surface area contributed by atoms with E-state index >= 15 is 0 Å². The Morgan fingerprint density at radius 3 is 3.00 bits per heavy atom. The van der Waals surface area contributed by atoms with E-state index in [1.54, 1.807) is 0 Å². The van der Waals surface area contributed by atoms with E-state index in [0.717, 1.165) is 31.7 Å². The van der Waals surface area contributed by atoms with Gasteiger partial charge in [0.1, 0.15) is 0 Å². The Bertz CT molecular complexity index is 441. The summed E-state index contributed by atoms with van der Waals surface area (Å²) < 4.78 is 0. The van der Waals surface area contributed by atoms with Crippen molar-refractivity contribution in [3.05, 3.63) is 29.8 Å². The van der Waals surface area contributed by atoms with Crippen LogP contribution in [0.2, 0.25) is 0 Å². The molecule has 18 heavy (non-hydrogen) atoms. The third-order valence-electron chi connectivity index (χ3n) is 3.58. The van der Waals surface area contributed by atoms with Crippen LogP contribution in [-0.2, 0) is 0 Å². The largest absolute Gasteiger partial charge is 0.396 e. The minimum absolute atomic E-state index is 0.223. The average Bonchev–Trinajstić information content (AvgIpc) is 2.41. The number of nitrogens with zero attached hydrogens (tertiary/aromatic N) is 3. The minimum Gasteiger partial charge on any atom is -0.396 e. The van der Waals surface area contributed by atoms with E-state index in [4.69, 9.17) is 10.4 Å². The molecule has 2 rings (SSSR count). The maximum absolute atomic E-state index is 9.09. The van der Waals surface area contributed by atoms with Gasteiger partial charge in [-0.2, -0.15) is 5.26 Å². The van der Waals surface area contributed by atoms with Gasteiger partial charge in [0.15, 0.2) is 0 Å². The van der Waals surface area contributed by atoms with Crippen molar-refractivity contribution < 1.29 is 5.11 Å². The topological polar surface area (TPSA) is 50.5 Å². The molecule has 4 nitrogen and oxygen atoms in total. The molecule has 1 heterocycles. The summed E-state index contributed by atoms with van der Waals surface area (Å²) in [5.41, 5.74) is 1.80. The Morgan fingerprint density at radius 1 is 1.44 bits per heavy atom. The fourth-order valence-electron chi connectivity index (χ4n) is 2.41. The number of nitriles is 1.